The molecule has 0 radical (unpaired) electrons. The summed E-state index contributed by atoms with van der Waals surface area (Å²) in [6, 6.07) is 4.39. The van der Waals surface area contributed by atoms with Crippen LogP contribution in [0.1, 0.15) is 70.4 Å². The number of hydrogen-bond acceptors (Lipinski definition) is 6. The zero-order valence-electron chi connectivity index (χ0n) is 26.4. The minimum Gasteiger partial charge on any atom is -0.493 e. The van der Waals surface area contributed by atoms with E-state index in [0.717, 1.165) is 68.6 Å². The van der Waals surface area contributed by atoms with Crippen LogP contribution in [0.4, 0.5) is 8.78 Å². The summed E-state index contributed by atoms with van der Waals surface area (Å²) in [5.41, 5.74) is 1.72. The Hall–Kier alpha value is -2.33. The lowest BCUT2D eigenvalue weighted by Crippen LogP contribution is -2.55. The van der Waals surface area contributed by atoms with Crippen molar-refractivity contribution < 1.29 is 23.0 Å². The summed E-state index contributed by atoms with van der Waals surface area (Å²) in [7, 11) is 1.74. The van der Waals surface area contributed by atoms with Crippen LogP contribution in [0.15, 0.2) is 42.3 Å². The lowest BCUT2D eigenvalue weighted by Gasteiger charge is -2.52. The van der Waals surface area contributed by atoms with Crippen LogP contribution in [0.25, 0.3) is 10.9 Å². The molecule has 7 nitrogen and oxygen atoms in total. The van der Waals surface area contributed by atoms with Crippen molar-refractivity contribution >= 4 is 10.9 Å². The molecule has 1 aliphatic carbocycles. The number of fused-ring (bicyclic) bond motifs is 3. The Morgan fingerprint density at radius 1 is 1.21 bits per heavy atom. The lowest BCUT2D eigenvalue weighted by atomic mass is 9.67. The average Bonchev–Trinajstić information content (AvgIpc) is 3.40. The molecule has 0 bridgehead atoms. The van der Waals surface area contributed by atoms with Gasteiger partial charge in [-0.15, -0.1) is 0 Å². The minimum absolute atomic E-state index is 0.0311. The van der Waals surface area contributed by atoms with Gasteiger partial charge in [0.1, 0.15) is 18.0 Å². The van der Waals surface area contributed by atoms with E-state index >= 15 is 4.39 Å². The molecule has 236 valence electrons. The molecular weight excluding hydrogens is 550 g/mol. The van der Waals surface area contributed by atoms with Crippen molar-refractivity contribution in [2.45, 2.75) is 83.5 Å². The number of methoxy groups -OCH3 is 1. The van der Waals surface area contributed by atoms with E-state index in [2.05, 4.69) is 52.6 Å². The highest BCUT2D eigenvalue weighted by molar-refractivity contribution is 5.84. The molecule has 2 fully saturated rings. The molecule has 3 aliphatic heterocycles. The summed E-state index contributed by atoms with van der Waals surface area (Å²) >= 11 is 0. The average molecular weight is 599 g/mol. The van der Waals surface area contributed by atoms with Gasteiger partial charge in [0, 0.05) is 68.7 Å². The molecule has 4 heterocycles. The van der Waals surface area contributed by atoms with Gasteiger partial charge in [-0.2, -0.15) is 5.10 Å². The molecule has 1 aromatic carbocycles. The minimum atomic E-state index is -1.36. The Kier molecular flexibility index (Phi) is 8.72. The number of ether oxygens (including phenoxy) is 3. The number of likely N-dealkylation sites (tertiary alicyclic amines) is 1. The molecule has 3 unspecified atom stereocenters. The van der Waals surface area contributed by atoms with Crippen LogP contribution in [-0.2, 0) is 20.6 Å². The first-order valence-corrected chi connectivity index (χ1v) is 16.0. The highest BCUT2D eigenvalue weighted by atomic mass is 19.1. The zero-order valence-corrected chi connectivity index (χ0v) is 26.4. The maximum absolute atomic E-state index is 15.4. The molecule has 5 atom stereocenters. The predicted molar refractivity (Wildman–Crippen MR) is 164 cm³/mol. The smallest absolute Gasteiger partial charge is 0.150 e. The van der Waals surface area contributed by atoms with Crippen molar-refractivity contribution in [1.29, 1.82) is 0 Å². The molecule has 0 spiro atoms. The SMILES string of the molecule is COC1C=C(OCCN2CC(CF)C2)C=CC1(C)[C@@H]1c2ccc3c(cnn3C3CCCCO3)c2C[C@@H](C)N1CC(C)(C)F. The quantitative estimate of drug-likeness (QED) is 0.326. The number of nitrogens with zero attached hydrogens (tertiary/aromatic N) is 4. The van der Waals surface area contributed by atoms with Crippen molar-refractivity contribution in [1.82, 2.24) is 19.6 Å². The van der Waals surface area contributed by atoms with E-state index in [1.807, 2.05) is 12.3 Å². The van der Waals surface area contributed by atoms with Crippen LogP contribution >= 0.6 is 0 Å². The van der Waals surface area contributed by atoms with E-state index < -0.39 is 11.1 Å². The van der Waals surface area contributed by atoms with Gasteiger partial charge in [-0.1, -0.05) is 19.1 Å². The van der Waals surface area contributed by atoms with Crippen molar-refractivity contribution in [3.63, 3.8) is 0 Å². The summed E-state index contributed by atoms with van der Waals surface area (Å²) in [5.74, 6) is 0.944. The second-order valence-corrected chi connectivity index (χ2v) is 13.9. The second kappa shape index (κ2) is 12.2. The molecule has 1 aromatic heterocycles. The van der Waals surface area contributed by atoms with Crippen LogP contribution in [0.5, 0.6) is 0 Å². The van der Waals surface area contributed by atoms with E-state index in [1.165, 1.54) is 11.1 Å². The largest absolute Gasteiger partial charge is 0.493 e. The molecular formula is C34H48F2N4O3. The summed E-state index contributed by atoms with van der Waals surface area (Å²) in [6.07, 6.45) is 12.0. The van der Waals surface area contributed by atoms with Gasteiger partial charge in [-0.05, 0) is 75.8 Å². The van der Waals surface area contributed by atoms with Gasteiger partial charge in [0.05, 0.1) is 24.5 Å². The second-order valence-electron chi connectivity index (χ2n) is 13.9. The molecule has 0 saturated carbocycles. The number of alkyl halides is 2. The third-order valence-corrected chi connectivity index (χ3v) is 9.91. The van der Waals surface area contributed by atoms with Crippen LogP contribution in [-0.4, -0.2) is 90.6 Å². The third-order valence-electron chi connectivity index (χ3n) is 9.91. The normalized spacial score (nSPS) is 30.7. The first-order chi connectivity index (χ1) is 20.6. The first kappa shape index (κ1) is 30.7. The summed E-state index contributed by atoms with van der Waals surface area (Å²) in [6.45, 7) is 11.5. The third kappa shape index (κ3) is 6.02. The van der Waals surface area contributed by atoms with Crippen molar-refractivity contribution in [2.24, 2.45) is 11.3 Å². The van der Waals surface area contributed by atoms with E-state index in [9.17, 15) is 4.39 Å². The van der Waals surface area contributed by atoms with E-state index in [1.54, 1.807) is 21.0 Å². The van der Waals surface area contributed by atoms with Crippen LogP contribution in [0.3, 0.4) is 0 Å². The Morgan fingerprint density at radius 2 is 2.02 bits per heavy atom. The van der Waals surface area contributed by atoms with Gasteiger partial charge >= 0.3 is 0 Å². The Labute approximate surface area is 254 Å². The number of rotatable bonds is 10. The van der Waals surface area contributed by atoms with Crippen LogP contribution in [0, 0.1) is 11.3 Å². The molecule has 0 N–H and O–H groups in total. The fourth-order valence-corrected chi connectivity index (χ4v) is 7.70. The maximum Gasteiger partial charge on any atom is 0.150 e. The summed E-state index contributed by atoms with van der Waals surface area (Å²) < 4.78 is 48.7. The molecule has 6 rings (SSSR count). The first-order valence-electron chi connectivity index (χ1n) is 16.0. The summed E-state index contributed by atoms with van der Waals surface area (Å²) in [4.78, 5) is 4.56. The fraction of sp³-hybridized carbons (Fsp3) is 0.676. The standard InChI is InChI=1S/C34H48F2N4O3/c1-23-16-27-26(9-10-29-28(27)19-37-40(29)31-8-6-7-14-43-31)32(39(23)22-33(2,3)36)34(4)12-11-25(17-30(34)41-5)42-15-13-38-20-24(18-35)21-38/h9-12,17,19,23-24,30-32H,6-8,13-16,18,20-22H2,1-5H3/t23-,30?,31?,32+,34?/m1/s1. The van der Waals surface area contributed by atoms with Gasteiger partial charge in [0.15, 0.2) is 6.23 Å². The lowest BCUT2D eigenvalue weighted by molar-refractivity contribution is -0.0439. The predicted octanol–water partition coefficient (Wildman–Crippen LogP) is 6.16. The van der Waals surface area contributed by atoms with Crippen molar-refractivity contribution in [3.05, 3.63) is 53.4 Å². The number of allylic oxidation sites excluding steroid dienone is 1. The fourth-order valence-electron chi connectivity index (χ4n) is 7.70. The molecule has 9 heteroatoms. The molecule has 2 saturated heterocycles. The van der Waals surface area contributed by atoms with E-state index in [4.69, 9.17) is 19.3 Å². The monoisotopic (exact) mass is 598 g/mol. The number of aromatic nitrogens is 2. The Balaban J connectivity index is 1.32. The Bertz CT molecular complexity index is 1340. The maximum atomic E-state index is 15.4. The number of halogens is 2. The van der Waals surface area contributed by atoms with E-state index in [-0.39, 0.29) is 37.0 Å². The van der Waals surface area contributed by atoms with Gasteiger partial charge in [-0.3, -0.25) is 14.2 Å². The topological polar surface area (TPSA) is 52.0 Å². The van der Waals surface area contributed by atoms with Crippen LogP contribution in [0.2, 0.25) is 0 Å². The molecule has 2 aromatic rings. The molecule has 43 heavy (non-hydrogen) atoms. The zero-order chi connectivity index (χ0) is 30.4. The molecule has 0 amide bonds. The highest BCUT2D eigenvalue weighted by Crippen LogP contribution is 2.51. The highest BCUT2D eigenvalue weighted by Gasteiger charge is 2.49. The van der Waals surface area contributed by atoms with Gasteiger partial charge < -0.3 is 14.2 Å². The van der Waals surface area contributed by atoms with Crippen LogP contribution < -0.4 is 0 Å². The number of hydrogen-bond donors (Lipinski definition) is 0. The number of benzene rings is 1. The molecule has 4 aliphatic rings. The summed E-state index contributed by atoms with van der Waals surface area (Å²) in [5, 5.41) is 5.97. The van der Waals surface area contributed by atoms with Crippen molar-refractivity contribution in [3.8, 4) is 0 Å². The van der Waals surface area contributed by atoms with Gasteiger partial charge in [0.25, 0.3) is 0 Å². The van der Waals surface area contributed by atoms with Gasteiger partial charge in [-0.25, -0.2) is 9.07 Å². The Morgan fingerprint density at radius 3 is 2.72 bits per heavy atom. The van der Waals surface area contributed by atoms with Crippen molar-refractivity contribution in [2.75, 3.05) is 53.2 Å². The van der Waals surface area contributed by atoms with E-state index in [0.29, 0.717) is 13.2 Å². The van der Waals surface area contributed by atoms with Gasteiger partial charge in [0.2, 0.25) is 0 Å².